The molecule has 142 valence electrons. The van der Waals surface area contributed by atoms with E-state index >= 15 is 0 Å². The van der Waals surface area contributed by atoms with Crippen molar-refractivity contribution in [2.45, 2.75) is 65.5 Å². The molecule has 3 rings (SSSR count). The molecule has 1 saturated carbocycles. The molecule has 2 aromatic rings. The summed E-state index contributed by atoms with van der Waals surface area (Å²) in [6, 6.07) is 8.60. The number of thiophene rings is 1. The Morgan fingerprint density at radius 1 is 1.31 bits per heavy atom. The van der Waals surface area contributed by atoms with Crippen LogP contribution in [0.1, 0.15) is 68.1 Å². The number of methoxy groups -OCH3 is 1. The Bertz CT molecular complexity index is 763. The first-order valence-electron chi connectivity index (χ1n) is 9.83. The summed E-state index contributed by atoms with van der Waals surface area (Å²) in [4.78, 5) is 13.8. The molecule has 1 aromatic heterocycles. The summed E-state index contributed by atoms with van der Waals surface area (Å²) in [5, 5.41) is 4.55. The molecule has 0 bridgehead atoms. The minimum atomic E-state index is 0.0900. The van der Waals surface area contributed by atoms with Crippen LogP contribution < -0.4 is 5.32 Å². The van der Waals surface area contributed by atoms with Crippen molar-refractivity contribution >= 4 is 27.3 Å². The topological polar surface area (TPSA) is 38.3 Å². The molecule has 0 radical (unpaired) electrons. The van der Waals surface area contributed by atoms with Gasteiger partial charge >= 0.3 is 0 Å². The second-order valence-electron chi connectivity index (χ2n) is 7.98. The maximum Gasteiger partial charge on any atom is 0.261 e. The van der Waals surface area contributed by atoms with Crippen LogP contribution in [0.2, 0.25) is 0 Å². The van der Waals surface area contributed by atoms with E-state index in [4.69, 9.17) is 4.74 Å². The Kier molecular flexibility index (Phi) is 6.03. The monoisotopic (exact) mass is 373 g/mol. The number of carbonyl (C=O) groups is 1. The van der Waals surface area contributed by atoms with Gasteiger partial charge in [0.15, 0.2) is 0 Å². The summed E-state index contributed by atoms with van der Waals surface area (Å²) in [6.45, 7) is 7.42. The number of hydrogen-bond acceptors (Lipinski definition) is 3. The largest absolute Gasteiger partial charge is 0.380 e. The number of rotatable bonds is 9. The molecule has 1 N–H and O–H groups in total. The van der Waals surface area contributed by atoms with Gasteiger partial charge in [0.05, 0.1) is 11.5 Å². The fraction of sp³-hybridized carbons (Fsp3) is 0.591. The third kappa shape index (κ3) is 4.12. The number of fused-ring (bicyclic) bond motifs is 1. The minimum absolute atomic E-state index is 0.0900. The first kappa shape index (κ1) is 19.4. The van der Waals surface area contributed by atoms with Crippen LogP contribution in [-0.4, -0.2) is 19.1 Å². The number of hydrogen-bond donors (Lipinski definition) is 1. The van der Waals surface area contributed by atoms with Gasteiger partial charge in [0.25, 0.3) is 5.91 Å². The highest BCUT2D eigenvalue weighted by Gasteiger charge is 2.48. The van der Waals surface area contributed by atoms with E-state index in [1.54, 1.807) is 18.4 Å². The normalized spacial score (nSPS) is 17.8. The fourth-order valence-corrected chi connectivity index (χ4v) is 5.03. The molecule has 1 fully saturated rings. The van der Waals surface area contributed by atoms with Crippen LogP contribution in [-0.2, 0) is 11.3 Å². The smallest absolute Gasteiger partial charge is 0.261 e. The van der Waals surface area contributed by atoms with Crippen LogP contribution in [0.4, 0.5) is 0 Å². The van der Waals surface area contributed by atoms with Crippen LogP contribution in [0.15, 0.2) is 24.3 Å². The molecule has 4 heteroatoms. The third-order valence-corrected chi connectivity index (χ3v) is 6.95. The molecule has 1 heterocycles. The second-order valence-corrected chi connectivity index (χ2v) is 9.06. The average Bonchev–Trinajstić information content (AvgIpc) is 3.23. The molecule has 0 saturated heterocycles. The number of ether oxygens (including phenoxy) is 1. The van der Waals surface area contributed by atoms with Crippen molar-refractivity contribution in [2.75, 3.05) is 7.11 Å². The lowest BCUT2D eigenvalue weighted by molar-refractivity contribution is 0.0891. The predicted octanol–water partition coefficient (Wildman–Crippen LogP) is 5.77. The van der Waals surface area contributed by atoms with Gasteiger partial charge in [-0.2, -0.15) is 0 Å². The molecule has 1 aliphatic rings. The Balaban J connectivity index is 1.79. The van der Waals surface area contributed by atoms with E-state index in [-0.39, 0.29) is 17.4 Å². The SMILES string of the molecule is CCCC(CC)C(NC(=O)c1cc2ccc(COC)cc2s1)C1(C)CC1. The number of nitrogens with one attached hydrogen (secondary N) is 1. The lowest BCUT2D eigenvalue weighted by atomic mass is 9.82. The molecular formula is C22H31NO2S. The zero-order valence-corrected chi connectivity index (χ0v) is 17.2. The summed E-state index contributed by atoms with van der Waals surface area (Å²) in [7, 11) is 1.70. The van der Waals surface area contributed by atoms with Gasteiger partial charge in [-0.3, -0.25) is 4.79 Å². The summed E-state index contributed by atoms with van der Waals surface area (Å²) in [5.41, 5.74) is 1.43. The van der Waals surface area contributed by atoms with Crippen LogP contribution in [0, 0.1) is 11.3 Å². The first-order valence-corrected chi connectivity index (χ1v) is 10.6. The Morgan fingerprint density at radius 2 is 2.08 bits per heavy atom. The number of carbonyl (C=O) groups excluding carboxylic acids is 1. The molecule has 3 nitrogen and oxygen atoms in total. The lowest BCUT2D eigenvalue weighted by Gasteiger charge is -2.32. The highest BCUT2D eigenvalue weighted by atomic mass is 32.1. The van der Waals surface area contributed by atoms with Gasteiger partial charge in [-0.15, -0.1) is 11.3 Å². The Labute approximate surface area is 161 Å². The van der Waals surface area contributed by atoms with Crippen molar-refractivity contribution in [3.63, 3.8) is 0 Å². The van der Waals surface area contributed by atoms with Crippen molar-refractivity contribution in [2.24, 2.45) is 11.3 Å². The van der Waals surface area contributed by atoms with E-state index in [0.717, 1.165) is 26.9 Å². The summed E-state index contributed by atoms with van der Waals surface area (Å²) >= 11 is 1.58. The van der Waals surface area contributed by atoms with Gasteiger partial charge in [-0.05, 0) is 53.7 Å². The standard InChI is InChI=1S/C22H31NO2S/c1-5-7-16(6-2)20(22(3)10-11-22)23-21(24)19-13-17-9-8-15(14-25-4)12-18(17)26-19/h8-9,12-13,16,20H,5-7,10-11,14H2,1-4H3,(H,23,24). The first-order chi connectivity index (χ1) is 12.5. The molecule has 26 heavy (non-hydrogen) atoms. The van der Waals surface area contributed by atoms with Gasteiger partial charge in [-0.25, -0.2) is 0 Å². The quantitative estimate of drug-likeness (QED) is 0.606. The number of amides is 1. The van der Waals surface area contributed by atoms with Crippen molar-refractivity contribution in [1.29, 1.82) is 0 Å². The number of benzene rings is 1. The highest BCUT2D eigenvalue weighted by molar-refractivity contribution is 7.20. The summed E-state index contributed by atoms with van der Waals surface area (Å²) in [6.07, 6.45) is 5.94. The molecule has 1 amide bonds. The summed E-state index contributed by atoms with van der Waals surface area (Å²) in [5.74, 6) is 0.659. The third-order valence-electron chi connectivity index (χ3n) is 5.85. The minimum Gasteiger partial charge on any atom is -0.380 e. The average molecular weight is 374 g/mol. The van der Waals surface area contributed by atoms with Gasteiger partial charge < -0.3 is 10.1 Å². The van der Waals surface area contributed by atoms with Crippen LogP contribution >= 0.6 is 11.3 Å². The van der Waals surface area contributed by atoms with E-state index < -0.39 is 0 Å². The van der Waals surface area contributed by atoms with Crippen LogP contribution in [0.3, 0.4) is 0 Å². The van der Waals surface area contributed by atoms with E-state index in [0.29, 0.717) is 12.5 Å². The Hall–Kier alpha value is -1.39. The zero-order valence-electron chi connectivity index (χ0n) is 16.4. The molecule has 1 aliphatic carbocycles. The van der Waals surface area contributed by atoms with Crippen LogP contribution in [0.25, 0.3) is 10.1 Å². The maximum atomic E-state index is 13.0. The van der Waals surface area contributed by atoms with Crippen molar-refractivity contribution in [3.05, 3.63) is 34.7 Å². The van der Waals surface area contributed by atoms with Crippen molar-refractivity contribution in [1.82, 2.24) is 5.32 Å². The zero-order chi connectivity index (χ0) is 18.7. The van der Waals surface area contributed by atoms with E-state index in [2.05, 4.69) is 44.3 Å². The molecule has 2 atom stereocenters. The molecular weight excluding hydrogens is 342 g/mol. The molecule has 0 aliphatic heterocycles. The maximum absolute atomic E-state index is 13.0. The van der Waals surface area contributed by atoms with Crippen molar-refractivity contribution < 1.29 is 9.53 Å². The highest BCUT2D eigenvalue weighted by Crippen LogP contribution is 2.51. The molecule has 2 unspecified atom stereocenters. The van der Waals surface area contributed by atoms with Gasteiger partial charge in [-0.1, -0.05) is 45.7 Å². The van der Waals surface area contributed by atoms with E-state index in [1.165, 1.54) is 25.7 Å². The van der Waals surface area contributed by atoms with Crippen molar-refractivity contribution in [3.8, 4) is 0 Å². The molecule has 1 aromatic carbocycles. The second kappa shape index (κ2) is 8.10. The van der Waals surface area contributed by atoms with Gasteiger partial charge in [0, 0.05) is 17.9 Å². The van der Waals surface area contributed by atoms with Gasteiger partial charge in [0.2, 0.25) is 0 Å². The summed E-state index contributed by atoms with van der Waals surface area (Å²) < 4.78 is 6.37. The van der Waals surface area contributed by atoms with Crippen LogP contribution in [0.5, 0.6) is 0 Å². The van der Waals surface area contributed by atoms with Gasteiger partial charge in [0.1, 0.15) is 0 Å². The Morgan fingerprint density at radius 3 is 2.69 bits per heavy atom. The molecule has 0 spiro atoms. The predicted molar refractivity (Wildman–Crippen MR) is 110 cm³/mol. The fourth-order valence-electron chi connectivity index (χ4n) is 4.00. The van der Waals surface area contributed by atoms with E-state index in [9.17, 15) is 4.79 Å². The lowest BCUT2D eigenvalue weighted by Crippen LogP contribution is -2.45. The van der Waals surface area contributed by atoms with E-state index in [1.807, 2.05) is 6.07 Å².